The van der Waals surface area contributed by atoms with E-state index < -0.39 is 0 Å². The summed E-state index contributed by atoms with van der Waals surface area (Å²) in [5, 5.41) is 9.95. The Labute approximate surface area is 105 Å². The lowest BCUT2D eigenvalue weighted by Crippen LogP contribution is -2.14. The van der Waals surface area contributed by atoms with Gasteiger partial charge in [0, 0.05) is 12.1 Å². The molecule has 0 amide bonds. The molecule has 0 spiro atoms. The molecule has 96 valence electrons. The summed E-state index contributed by atoms with van der Waals surface area (Å²) in [6.45, 7) is 5.83. The summed E-state index contributed by atoms with van der Waals surface area (Å²) in [6, 6.07) is 2.00. The number of hydrogen-bond donors (Lipinski definition) is 3. The molecule has 0 aliphatic rings. The van der Waals surface area contributed by atoms with Crippen LogP contribution in [-0.4, -0.2) is 21.2 Å². The van der Waals surface area contributed by atoms with Crippen molar-refractivity contribution in [2.45, 2.75) is 26.8 Å². The standard InChI is InChI=1S/C11H16N6O/c1-6(2)15-10-9(12)11(14-5-13-10)16-8-4-7(3)18-17-8/h4-6H,12H2,1-3H3,(H2,13,14,15,16,17). The van der Waals surface area contributed by atoms with E-state index in [1.54, 1.807) is 6.07 Å². The fraction of sp³-hybridized carbons (Fsp3) is 0.364. The van der Waals surface area contributed by atoms with Crippen molar-refractivity contribution in [1.82, 2.24) is 15.1 Å². The van der Waals surface area contributed by atoms with Crippen LogP contribution < -0.4 is 16.4 Å². The second kappa shape index (κ2) is 4.91. The van der Waals surface area contributed by atoms with Crippen LogP contribution in [0.4, 0.5) is 23.1 Å². The average molecular weight is 248 g/mol. The molecule has 0 radical (unpaired) electrons. The van der Waals surface area contributed by atoms with Crippen LogP contribution >= 0.6 is 0 Å². The molecule has 4 N–H and O–H groups in total. The Morgan fingerprint density at radius 1 is 1.28 bits per heavy atom. The molecule has 0 fully saturated rings. The first-order valence-electron chi connectivity index (χ1n) is 5.63. The van der Waals surface area contributed by atoms with Crippen molar-refractivity contribution in [3.63, 3.8) is 0 Å². The first kappa shape index (κ1) is 12.2. The highest BCUT2D eigenvalue weighted by Gasteiger charge is 2.10. The summed E-state index contributed by atoms with van der Waals surface area (Å²) in [5.74, 6) is 2.38. The molecule has 0 aromatic carbocycles. The molecule has 7 heteroatoms. The molecule has 0 bridgehead atoms. The van der Waals surface area contributed by atoms with Gasteiger partial charge in [0.25, 0.3) is 0 Å². The summed E-state index contributed by atoms with van der Waals surface area (Å²) in [5.41, 5.74) is 6.43. The lowest BCUT2D eigenvalue weighted by atomic mass is 10.3. The number of nitrogen functional groups attached to an aromatic ring is 1. The van der Waals surface area contributed by atoms with E-state index in [1.807, 2.05) is 20.8 Å². The molecular weight excluding hydrogens is 232 g/mol. The molecule has 2 heterocycles. The van der Waals surface area contributed by atoms with Crippen molar-refractivity contribution in [3.05, 3.63) is 18.2 Å². The molecule has 0 saturated heterocycles. The largest absolute Gasteiger partial charge is 0.393 e. The van der Waals surface area contributed by atoms with Crippen molar-refractivity contribution in [3.8, 4) is 0 Å². The van der Waals surface area contributed by atoms with Crippen molar-refractivity contribution < 1.29 is 4.52 Å². The van der Waals surface area contributed by atoms with E-state index in [1.165, 1.54) is 6.33 Å². The molecular formula is C11H16N6O. The Hall–Kier alpha value is -2.31. The van der Waals surface area contributed by atoms with Crippen LogP contribution in [0.2, 0.25) is 0 Å². The van der Waals surface area contributed by atoms with Crippen LogP contribution in [-0.2, 0) is 0 Å². The van der Waals surface area contributed by atoms with Gasteiger partial charge >= 0.3 is 0 Å². The molecule has 0 aliphatic heterocycles. The van der Waals surface area contributed by atoms with Gasteiger partial charge in [-0.15, -0.1) is 0 Å². The van der Waals surface area contributed by atoms with E-state index in [0.29, 0.717) is 28.9 Å². The van der Waals surface area contributed by atoms with E-state index in [0.717, 1.165) is 0 Å². The van der Waals surface area contributed by atoms with Gasteiger partial charge in [0.2, 0.25) is 0 Å². The first-order chi connectivity index (χ1) is 8.56. The number of aryl methyl sites for hydroxylation is 1. The van der Waals surface area contributed by atoms with Crippen molar-refractivity contribution in [2.75, 3.05) is 16.4 Å². The van der Waals surface area contributed by atoms with Crippen molar-refractivity contribution >= 4 is 23.1 Å². The van der Waals surface area contributed by atoms with Crippen LogP contribution in [0.3, 0.4) is 0 Å². The predicted molar refractivity (Wildman–Crippen MR) is 69.7 cm³/mol. The van der Waals surface area contributed by atoms with Gasteiger partial charge in [-0.1, -0.05) is 5.16 Å². The number of nitrogens with zero attached hydrogens (tertiary/aromatic N) is 3. The maximum Gasteiger partial charge on any atom is 0.175 e. The Morgan fingerprint density at radius 2 is 2.00 bits per heavy atom. The van der Waals surface area contributed by atoms with E-state index in [-0.39, 0.29) is 6.04 Å². The number of nitrogens with two attached hydrogens (primary N) is 1. The fourth-order valence-electron chi connectivity index (χ4n) is 1.43. The van der Waals surface area contributed by atoms with Gasteiger partial charge in [-0.2, -0.15) is 0 Å². The normalized spacial score (nSPS) is 10.7. The summed E-state index contributed by atoms with van der Waals surface area (Å²) >= 11 is 0. The molecule has 0 atom stereocenters. The number of rotatable bonds is 4. The number of nitrogens with one attached hydrogen (secondary N) is 2. The molecule has 2 aromatic heterocycles. The third-order valence-corrected chi connectivity index (χ3v) is 2.18. The van der Waals surface area contributed by atoms with E-state index >= 15 is 0 Å². The number of anilines is 4. The Balaban J connectivity index is 2.23. The Morgan fingerprint density at radius 3 is 2.61 bits per heavy atom. The van der Waals surface area contributed by atoms with Gasteiger partial charge in [-0.05, 0) is 20.8 Å². The van der Waals surface area contributed by atoms with Crippen molar-refractivity contribution in [1.29, 1.82) is 0 Å². The smallest absolute Gasteiger partial charge is 0.175 e. The summed E-state index contributed by atoms with van der Waals surface area (Å²) in [7, 11) is 0. The predicted octanol–water partition coefficient (Wildman–Crippen LogP) is 1.92. The third-order valence-electron chi connectivity index (χ3n) is 2.18. The molecule has 18 heavy (non-hydrogen) atoms. The fourth-order valence-corrected chi connectivity index (χ4v) is 1.43. The van der Waals surface area contributed by atoms with Crippen LogP contribution in [0.15, 0.2) is 16.9 Å². The maximum atomic E-state index is 5.98. The highest BCUT2D eigenvalue weighted by Crippen LogP contribution is 2.25. The molecule has 0 saturated carbocycles. The molecule has 2 aromatic rings. The van der Waals surface area contributed by atoms with Gasteiger partial charge in [0.1, 0.15) is 17.8 Å². The number of aromatic nitrogens is 3. The lowest BCUT2D eigenvalue weighted by Gasteiger charge is -2.13. The number of hydrogen-bond acceptors (Lipinski definition) is 7. The minimum atomic E-state index is 0.240. The minimum absolute atomic E-state index is 0.240. The van der Waals surface area contributed by atoms with Crippen LogP contribution in [0.5, 0.6) is 0 Å². The second-order valence-electron chi connectivity index (χ2n) is 4.23. The maximum absolute atomic E-state index is 5.98. The summed E-state index contributed by atoms with van der Waals surface area (Å²) < 4.78 is 4.96. The van der Waals surface area contributed by atoms with Crippen LogP contribution in [0.1, 0.15) is 19.6 Å². The summed E-state index contributed by atoms with van der Waals surface area (Å²) in [4.78, 5) is 8.18. The Kier molecular flexibility index (Phi) is 3.31. The average Bonchev–Trinajstić information content (AvgIpc) is 2.69. The SMILES string of the molecule is Cc1cc(Nc2ncnc(NC(C)C)c2N)no1. The van der Waals surface area contributed by atoms with Crippen LogP contribution in [0, 0.1) is 6.92 Å². The van der Waals surface area contributed by atoms with E-state index in [2.05, 4.69) is 25.8 Å². The minimum Gasteiger partial charge on any atom is -0.393 e. The van der Waals surface area contributed by atoms with Crippen molar-refractivity contribution in [2.24, 2.45) is 0 Å². The van der Waals surface area contributed by atoms with Gasteiger partial charge < -0.3 is 20.9 Å². The van der Waals surface area contributed by atoms with E-state index in [4.69, 9.17) is 10.3 Å². The quantitative estimate of drug-likeness (QED) is 0.759. The topological polar surface area (TPSA) is 102 Å². The molecule has 0 unspecified atom stereocenters. The second-order valence-corrected chi connectivity index (χ2v) is 4.23. The Bertz CT molecular complexity index is 536. The molecule has 0 aliphatic carbocycles. The highest BCUT2D eigenvalue weighted by atomic mass is 16.5. The third kappa shape index (κ3) is 2.68. The summed E-state index contributed by atoms with van der Waals surface area (Å²) in [6.07, 6.45) is 1.44. The van der Waals surface area contributed by atoms with E-state index in [9.17, 15) is 0 Å². The van der Waals surface area contributed by atoms with Gasteiger partial charge in [-0.3, -0.25) is 0 Å². The highest BCUT2D eigenvalue weighted by molar-refractivity contribution is 5.76. The zero-order valence-corrected chi connectivity index (χ0v) is 10.6. The molecule has 2 rings (SSSR count). The first-order valence-corrected chi connectivity index (χ1v) is 5.63. The zero-order valence-electron chi connectivity index (χ0n) is 10.6. The molecule has 7 nitrogen and oxygen atoms in total. The van der Waals surface area contributed by atoms with Gasteiger partial charge in [-0.25, -0.2) is 9.97 Å². The lowest BCUT2D eigenvalue weighted by molar-refractivity contribution is 0.400. The zero-order chi connectivity index (χ0) is 13.1. The van der Waals surface area contributed by atoms with Gasteiger partial charge in [0.15, 0.2) is 17.5 Å². The monoisotopic (exact) mass is 248 g/mol. The van der Waals surface area contributed by atoms with Crippen LogP contribution in [0.25, 0.3) is 0 Å². The van der Waals surface area contributed by atoms with Gasteiger partial charge in [0.05, 0.1) is 0 Å².